The van der Waals surface area contributed by atoms with E-state index in [0.29, 0.717) is 5.89 Å². The molecule has 1 heterocycles. The number of rotatable bonds is 2. The van der Waals surface area contributed by atoms with E-state index in [-0.39, 0.29) is 5.54 Å². The van der Waals surface area contributed by atoms with Crippen molar-refractivity contribution in [2.75, 3.05) is 0 Å². The van der Waals surface area contributed by atoms with Crippen LogP contribution >= 0.6 is 0 Å². The maximum Gasteiger partial charge on any atom is 0.214 e. The summed E-state index contributed by atoms with van der Waals surface area (Å²) in [6.45, 7) is 2.07. The third-order valence-corrected chi connectivity index (χ3v) is 3.07. The van der Waals surface area contributed by atoms with Crippen molar-refractivity contribution in [1.29, 1.82) is 0 Å². The van der Waals surface area contributed by atoms with Gasteiger partial charge in [-0.15, -0.1) is 0 Å². The highest BCUT2D eigenvalue weighted by Gasteiger charge is 2.44. The molecule has 2 N–H and O–H groups in total. The molecule has 0 saturated heterocycles. The van der Waals surface area contributed by atoms with Gasteiger partial charge in [0.05, 0.1) is 5.54 Å². The van der Waals surface area contributed by atoms with E-state index >= 15 is 0 Å². The molecule has 3 rings (SSSR count). The Hall–Kier alpha value is -1.61. The second kappa shape index (κ2) is 3.19. The molecule has 1 aliphatic rings. The Morgan fingerprint density at radius 2 is 1.94 bits per heavy atom. The molecule has 0 spiro atoms. The smallest absolute Gasteiger partial charge is 0.214 e. The van der Waals surface area contributed by atoms with E-state index in [0.717, 1.165) is 24.1 Å². The maximum absolute atomic E-state index is 6.03. The Morgan fingerprint density at radius 3 is 2.56 bits per heavy atom. The molecule has 82 valence electrons. The molecule has 1 aliphatic carbocycles. The first-order valence-corrected chi connectivity index (χ1v) is 5.49. The molecular formula is C13H14N2O. The van der Waals surface area contributed by atoms with Crippen LogP contribution in [0.1, 0.15) is 24.3 Å². The molecule has 0 radical (unpaired) electrons. The highest BCUT2D eigenvalue weighted by atomic mass is 16.3. The fourth-order valence-electron chi connectivity index (χ4n) is 1.71. The van der Waals surface area contributed by atoms with Crippen LogP contribution in [0.4, 0.5) is 0 Å². The third-order valence-electron chi connectivity index (χ3n) is 3.07. The summed E-state index contributed by atoms with van der Waals surface area (Å²) in [4.78, 5) is 4.45. The van der Waals surface area contributed by atoms with Crippen LogP contribution in [-0.4, -0.2) is 4.98 Å². The normalized spacial score (nSPS) is 17.4. The van der Waals surface area contributed by atoms with E-state index < -0.39 is 0 Å². The number of oxazole rings is 1. The van der Waals surface area contributed by atoms with Crippen molar-refractivity contribution in [2.45, 2.75) is 25.3 Å². The highest BCUT2D eigenvalue weighted by Crippen LogP contribution is 2.42. The topological polar surface area (TPSA) is 52.0 Å². The van der Waals surface area contributed by atoms with Crippen molar-refractivity contribution in [1.82, 2.24) is 4.98 Å². The van der Waals surface area contributed by atoms with Gasteiger partial charge in [0.2, 0.25) is 5.89 Å². The van der Waals surface area contributed by atoms with E-state index in [1.165, 1.54) is 5.56 Å². The van der Waals surface area contributed by atoms with E-state index in [1.54, 1.807) is 6.26 Å². The van der Waals surface area contributed by atoms with E-state index in [2.05, 4.69) is 24.0 Å². The van der Waals surface area contributed by atoms with Gasteiger partial charge < -0.3 is 10.2 Å². The van der Waals surface area contributed by atoms with Crippen LogP contribution in [0.5, 0.6) is 0 Å². The van der Waals surface area contributed by atoms with Gasteiger partial charge >= 0.3 is 0 Å². The van der Waals surface area contributed by atoms with Crippen molar-refractivity contribution < 1.29 is 4.42 Å². The van der Waals surface area contributed by atoms with Gasteiger partial charge in [0.15, 0.2) is 0 Å². The molecule has 1 aromatic heterocycles. The van der Waals surface area contributed by atoms with Gasteiger partial charge in [-0.1, -0.05) is 29.8 Å². The Kier molecular flexibility index (Phi) is 1.91. The Bertz CT molecular complexity index is 509. The first-order valence-electron chi connectivity index (χ1n) is 5.49. The minimum absolute atomic E-state index is 0.289. The molecule has 0 bridgehead atoms. The molecule has 0 unspecified atom stereocenters. The summed E-state index contributed by atoms with van der Waals surface area (Å²) in [7, 11) is 0. The molecule has 0 atom stereocenters. The molecule has 16 heavy (non-hydrogen) atoms. The van der Waals surface area contributed by atoms with Gasteiger partial charge in [-0.2, -0.15) is 0 Å². The maximum atomic E-state index is 6.03. The molecule has 0 amide bonds. The van der Waals surface area contributed by atoms with Crippen LogP contribution < -0.4 is 5.73 Å². The van der Waals surface area contributed by atoms with Crippen LogP contribution in [-0.2, 0) is 5.54 Å². The fourth-order valence-corrected chi connectivity index (χ4v) is 1.71. The van der Waals surface area contributed by atoms with Crippen LogP contribution in [0.15, 0.2) is 34.9 Å². The molecule has 0 aliphatic heterocycles. The predicted octanol–water partition coefficient (Wildman–Crippen LogP) is 2.60. The minimum Gasteiger partial charge on any atom is -0.446 e. The first kappa shape index (κ1) is 9.60. The molecule has 3 nitrogen and oxygen atoms in total. The fraction of sp³-hybridized carbons (Fsp3) is 0.308. The zero-order valence-electron chi connectivity index (χ0n) is 9.23. The van der Waals surface area contributed by atoms with E-state index in [4.69, 9.17) is 10.2 Å². The van der Waals surface area contributed by atoms with Gasteiger partial charge in [-0.3, -0.25) is 0 Å². The lowest BCUT2D eigenvalue weighted by atomic mass is 10.1. The van der Waals surface area contributed by atoms with Crippen LogP contribution in [0, 0.1) is 6.92 Å². The largest absolute Gasteiger partial charge is 0.446 e. The number of hydrogen-bond acceptors (Lipinski definition) is 3. The summed E-state index contributed by atoms with van der Waals surface area (Å²) >= 11 is 0. The average Bonchev–Trinajstić information content (AvgIpc) is 2.84. The SMILES string of the molecule is Cc1ccc(-c2coc(C3(N)CC3)n2)cc1. The van der Waals surface area contributed by atoms with Crippen molar-refractivity contribution in [2.24, 2.45) is 5.73 Å². The zero-order chi connectivity index (χ0) is 11.2. The number of aryl methyl sites for hydroxylation is 1. The number of hydrogen-bond donors (Lipinski definition) is 1. The summed E-state index contributed by atoms with van der Waals surface area (Å²) < 4.78 is 5.44. The molecule has 1 fully saturated rings. The highest BCUT2D eigenvalue weighted by molar-refractivity contribution is 5.58. The molecule has 1 saturated carbocycles. The standard InChI is InChI=1S/C13H14N2O/c1-9-2-4-10(5-3-9)11-8-16-12(15-11)13(14)6-7-13/h2-5,8H,6-7,14H2,1H3. The predicted molar refractivity (Wildman–Crippen MR) is 61.8 cm³/mol. The van der Waals surface area contributed by atoms with Gasteiger partial charge in [0, 0.05) is 5.56 Å². The van der Waals surface area contributed by atoms with Crippen molar-refractivity contribution in [3.8, 4) is 11.3 Å². The first-order chi connectivity index (χ1) is 7.67. The third kappa shape index (κ3) is 1.53. The lowest BCUT2D eigenvalue weighted by Crippen LogP contribution is -2.18. The van der Waals surface area contributed by atoms with Gasteiger partial charge in [-0.25, -0.2) is 4.98 Å². The van der Waals surface area contributed by atoms with Gasteiger partial charge in [-0.05, 0) is 19.8 Å². The number of benzene rings is 1. The van der Waals surface area contributed by atoms with Crippen molar-refractivity contribution in [3.63, 3.8) is 0 Å². The second-order valence-electron chi connectivity index (χ2n) is 4.56. The van der Waals surface area contributed by atoms with E-state index in [9.17, 15) is 0 Å². The van der Waals surface area contributed by atoms with E-state index in [1.807, 2.05) is 12.1 Å². The number of nitrogens with two attached hydrogens (primary N) is 1. The van der Waals surface area contributed by atoms with Crippen LogP contribution in [0.25, 0.3) is 11.3 Å². The summed E-state index contributed by atoms with van der Waals surface area (Å²) in [6.07, 6.45) is 3.63. The van der Waals surface area contributed by atoms with Gasteiger partial charge in [0.1, 0.15) is 12.0 Å². The summed E-state index contributed by atoms with van der Waals surface area (Å²) in [5.41, 5.74) is 8.92. The minimum atomic E-state index is -0.289. The van der Waals surface area contributed by atoms with Crippen molar-refractivity contribution in [3.05, 3.63) is 42.0 Å². The quantitative estimate of drug-likeness (QED) is 0.836. The van der Waals surface area contributed by atoms with Gasteiger partial charge in [0.25, 0.3) is 0 Å². The Balaban J connectivity index is 1.95. The average molecular weight is 214 g/mol. The summed E-state index contributed by atoms with van der Waals surface area (Å²) in [6, 6.07) is 8.23. The van der Waals surface area contributed by atoms with Crippen molar-refractivity contribution >= 4 is 0 Å². The molecular weight excluding hydrogens is 200 g/mol. The second-order valence-corrected chi connectivity index (χ2v) is 4.56. The monoisotopic (exact) mass is 214 g/mol. The lowest BCUT2D eigenvalue weighted by Gasteiger charge is -2.00. The summed E-state index contributed by atoms with van der Waals surface area (Å²) in [5, 5.41) is 0. The number of aromatic nitrogens is 1. The van der Waals surface area contributed by atoms with Crippen LogP contribution in [0.2, 0.25) is 0 Å². The Morgan fingerprint density at radius 1 is 1.25 bits per heavy atom. The molecule has 3 heteroatoms. The lowest BCUT2D eigenvalue weighted by molar-refractivity contribution is 0.440. The summed E-state index contributed by atoms with van der Waals surface area (Å²) in [5.74, 6) is 0.670. The molecule has 1 aromatic carbocycles. The molecule has 2 aromatic rings. The Labute approximate surface area is 94.3 Å². The number of nitrogens with zero attached hydrogens (tertiary/aromatic N) is 1. The zero-order valence-corrected chi connectivity index (χ0v) is 9.23. The van der Waals surface area contributed by atoms with Crippen LogP contribution in [0.3, 0.4) is 0 Å².